The molecule has 11 heteroatoms. The third kappa shape index (κ3) is 6.20. The van der Waals surface area contributed by atoms with Gasteiger partial charge in [0.1, 0.15) is 11.5 Å². The zero-order valence-corrected chi connectivity index (χ0v) is 22.4. The summed E-state index contributed by atoms with van der Waals surface area (Å²) in [5, 5.41) is 3.01. The fraction of sp³-hybridized carbons (Fsp3) is 0.259. The van der Waals surface area contributed by atoms with Gasteiger partial charge in [-0.3, -0.25) is 14.3 Å². The van der Waals surface area contributed by atoms with E-state index in [0.717, 1.165) is 18.4 Å². The van der Waals surface area contributed by atoms with Crippen LogP contribution in [0.5, 0.6) is 11.5 Å². The zero-order chi connectivity index (χ0) is 27.3. The van der Waals surface area contributed by atoms with Gasteiger partial charge in [-0.05, 0) is 79.9 Å². The van der Waals surface area contributed by atoms with Crippen LogP contribution in [0.4, 0.5) is 11.4 Å². The van der Waals surface area contributed by atoms with Crippen molar-refractivity contribution in [1.82, 2.24) is 0 Å². The number of sulfonamides is 1. The minimum atomic E-state index is -3.87. The fourth-order valence-electron chi connectivity index (χ4n) is 3.88. The molecule has 0 saturated heterocycles. The minimum Gasteiger partial charge on any atom is -0.495 e. The van der Waals surface area contributed by atoms with Gasteiger partial charge >= 0.3 is 5.97 Å². The molecule has 3 aromatic rings. The molecule has 3 aromatic carbocycles. The number of anilines is 2. The van der Waals surface area contributed by atoms with Crippen LogP contribution < -0.4 is 19.5 Å². The van der Waals surface area contributed by atoms with E-state index in [1.165, 1.54) is 43.5 Å². The van der Waals surface area contributed by atoms with E-state index in [1.54, 1.807) is 25.1 Å². The molecule has 9 nitrogen and oxygen atoms in total. The lowest BCUT2D eigenvalue weighted by Gasteiger charge is -2.15. The van der Waals surface area contributed by atoms with Gasteiger partial charge in [0.15, 0.2) is 6.61 Å². The molecule has 200 valence electrons. The van der Waals surface area contributed by atoms with Crippen LogP contribution in [0.1, 0.15) is 25.3 Å². The topological polar surface area (TPSA) is 120 Å². The lowest BCUT2D eigenvalue weighted by molar-refractivity contribution is -0.146. The number of carbonyl (C=O) groups excluding carboxylic acids is 2. The van der Waals surface area contributed by atoms with Crippen LogP contribution in [0.25, 0.3) is 0 Å². The predicted molar refractivity (Wildman–Crippen MR) is 143 cm³/mol. The molecule has 0 bridgehead atoms. The third-order valence-electron chi connectivity index (χ3n) is 6.05. The first-order valence-electron chi connectivity index (χ1n) is 11.8. The van der Waals surface area contributed by atoms with Gasteiger partial charge in [-0.15, -0.1) is 0 Å². The van der Waals surface area contributed by atoms with E-state index in [9.17, 15) is 18.0 Å². The largest absolute Gasteiger partial charge is 0.495 e. The fourth-order valence-corrected chi connectivity index (χ4v) is 5.19. The van der Waals surface area contributed by atoms with E-state index in [2.05, 4.69) is 10.0 Å². The maximum Gasteiger partial charge on any atom is 0.316 e. The molecule has 2 N–H and O–H groups in total. The Morgan fingerprint density at radius 2 is 1.63 bits per heavy atom. The minimum absolute atomic E-state index is 0.0117. The molecule has 0 atom stereocenters. The normalized spacial score (nSPS) is 13.8. The number of rotatable bonds is 11. The molecule has 1 fully saturated rings. The smallest absolute Gasteiger partial charge is 0.316 e. The molecule has 0 unspecified atom stereocenters. The first-order chi connectivity index (χ1) is 18.2. The summed E-state index contributed by atoms with van der Waals surface area (Å²) >= 11 is 6.06. The molecular formula is C27H27ClN2O7S. The Morgan fingerprint density at radius 1 is 0.974 bits per heavy atom. The van der Waals surface area contributed by atoms with E-state index in [4.69, 9.17) is 25.8 Å². The molecule has 4 rings (SSSR count). The van der Waals surface area contributed by atoms with Gasteiger partial charge < -0.3 is 19.5 Å². The first-order valence-corrected chi connectivity index (χ1v) is 13.7. The Kier molecular flexibility index (Phi) is 8.13. The van der Waals surface area contributed by atoms with Gasteiger partial charge in [0.05, 0.1) is 34.7 Å². The highest BCUT2D eigenvalue weighted by molar-refractivity contribution is 7.92. The van der Waals surface area contributed by atoms with Crippen LogP contribution in [-0.2, 0) is 29.8 Å². The summed E-state index contributed by atoms with van der Waals surface area (Å²) in [6.07, 6.45) is 1.49. The van der Waals surface area contributed by atoms with Crippen molar-refractivity contribution in [2.75, 3.05) is 30.4 Å². The quantitative estimate of drug-likeness (QED) is 0.325. The van der Waals surface area contributed by atoms with E-state index >= 15 is 0 Å². The molecule has 1 amide bonds. The number of hydrogen-bond acceptors (Lipinski definition) is 7. The van der Waals surface area contributed by atoms with Gasteiger partial charge in [0.2, 0.25) is 0 Å². The number of carbonyl (C=O) groups is 2. The van der Waals surface area contributed by atoms with Gasteiger partial charge in [-0.2, -0.15) is 0 Å². The van der Waals surface area contributed by atoms with Crippen LogP contribution in [-0.4, -0.2) is 40.6 Å². The highest BCUT2D eigenvalue weighted by Crippen LogP contribution is 2.49. The van der Waals surface area contributed by atoms with Gasteiger partial charge in [0, 0.05) is 5.69 Å². The van der Waals surface area contributed by atoms with Gasteiger partial charge in [-0.25, -0.2) is 8.42 Å². The Bertz CT molecular complexity index is 1420. The second-order valence-electron chi connectivity index (χ2n) is 8.64. The van der Waals surface area contributed by atoms with E-state index in [1.807, 2.05) is 12.1 Å². The zero-order valence-electron chi connectivity index (χ0n) is 20.8. The van der Waals surface area contributed by atoms with Gasteiger partial charge in [-0.1, -0.05) is 23.7 Å². The van der Waals surface area contributed by atoms with Crippen molar-refractivity contribution < 1.29 is 32.2 Å². The number of benzene rings is 3. The summed E-state index contributed by atoms with van der Waals surface area (Å²) in [5.74, 6) is 0.147. The monoisotopic (exact) mass is 558 g/mol. The lowest BCUT2D eigenvalue weighted by atomic mass is 9.96. The summed E-state index contributed by atoms with van der Waals surface area (Å²) < 4.78 is 43.6. The van der Waals surface area contributed by atoms with Crippen molar-refractivity contribution in [2.45, 2.75) is 30.1 Å². The summed E-state index contributed by atoms with van der Waals surface area (Å²) in [4.78, 5) is 24.6. The lowest BCUT2D eigenvalue weighted by Crippen LogP contribution is -2.23. The number of nitrogens with one attached hydrogen (secondary N) is 2. The Balaban J connectivity index is 1.30. The standard InChI is InChI=1S/C27H27ClN2O7S/c1-3-36-26(32)27(14-15-27)18-4-6-19(7-5-18)29-25(31)17-37-21-9-11-22(12-10-21)38(33,34)30-20-8-13-24(35-2)23(28)16-20/h4-13,16,30H,3,14-15,17H2,1-2H3,(H,29,31). The van der Waals surface area contributed by atoms with Crippen molar-refractivity contribution in [3.8, 4) is 11.5 Å². The first kappa shape index (κ1) is 27.3. The number of methoxy groups -OCH3 is 1. The summed E-state index contributed by atoms with van der Waals surface area (Å²) in [7, 11) is -2.40. The van der Waals surface area contributed by atoms with Crippen LogP contribution in [0, 0.1) is 0 Å². The molecular weight excluding hydrogens is 532 g/mol. The number of hydrogen-bond donors (Lipinski definition) is 2. The summed E-state index contributed by atoms with van der Waals surface area (Å²) in [6, 6.07) is 17.3. The molecule has 1 aliphatic carbocycles. The Labute approximate surface area is 226 Å². The van der Waals surface area contributed by atoms with Crippen molar-refractivity contribution >= 4 is 44.9 Å². The van der Waals surface area contributed by atoms with Gasteiger partial charge in [0.25, 0.3) is 15.9 Å². The number of esters is 1. The van der Waals surface area contributed by atoms with Crippen molar-refractivity contribution in [3.05, 3.63) is 77.3 Å². The number of ether oxygens (including phenoxy) is 3. The van der Waals surface area contributed by atoms with Crippen molar-refractivity contribution in [3.63, 3.8) is 0 Å². The predicted octanol–water partition coefficient (Wildman–Crippen LogP) is 4.76. The van der Waals surface area contributed by atoms with Crippen LogP contribution in [0.3, 0.4) is 0 Å². The highest BCUT2D eigenvalue weighted by Gasteiger charge is 2.52. The average molecular weight is 559 g/mol. The SMILES string of the molecule is CCOC(=O)C1(c2ccc(NC(=O)COc3ccc(S(=O)(=O)Nc4ccc(OC)c(Cl)c4)cc3)cc2)CC1. The van der Waals surface area contributed by atoms with E-state index in [-0.39, 0.29) is 34.1 Å². The Morgan fingerprint density at radius 3 is 2.21 bits per heavy atom. The summed E-state index contributed by atoms with van der Waals surface area (Å²) in [5.41, 5.74) is 1.14. The highest BCUT2D eigenvalue weighted by atomic mass is 35.5. The maximum absolute atomic E-state index is 12.7. The third-order valence-corrected chi connectivity index (χ3v) is 7.74. The molecule has 0 aliphatic heterocycles. The van der Waals surface area contributed by atoms with Crippen molar-refractivity contribution in [1.29, 1.82) is 0 Å². The van der Waals surface area contributed by atoms with Crippen LogP contribution in [0.2, 0.25) is 5.02 Å². The molecule has 1 saturated carbocycles. The van der Waals surface area contributed by atoms with Crippen molar-refractivity contribution in [2.24, 2.45) is 0 Å². The number of amides is 1. The maximum atomic E-state index is 12.7. The average Bonchev–Trinajstić information content (AvgIpc) is 3.71. The second kappa shape index (κ2) is 11.3. The number of halogens is 1. The molecule has 0 aromatic heterocycles. The molecule has 0 spiro atoms. The molecule has 1 aliphatic rings. The van der Waals surface area contributed by atoms with E-state index in [0.29, 0.717) is 23.8 Å². The summed E-state index contributed by atoms with van der Waals surface area (Å²) in [6.45, 7) is 1.84. The molecule has 38 heavy (non-hydrogen) atoms. The molecule has 0 heterocycles. The second-order valence-corrected chi connectivity index (χ2v) is 10.7. The van der Waals surface area contributed by atoms with Crippen LogP contribution >= 0.6 is 11.6 Å². The molecule has 0 radical (unpaired) electrons. The van der Waals surface area contributed by atoms with Crippen LogP contribution in [0.15, 0.2) is 71.6 Å². The van der Waals surface area contributed by atoms with E-state index < -0.39 is 15.4 Å². The Hall–Kier alpha value is -3.76.